The van der Waals surface area contributed by atoms with Gasteiger partial charge in [-0.25, -0.2) is 9.88 Å². The lowest BCUT2D eigenvalue weighted by Gasteiger charge is -2.25. The fourth-order valence-electron chi connectivity index (χ4n) is 3.15. The maximum absolute atomic E-state index is 13.0. The van der Waals surface area contributed by atoms with Crippen molar-refractivity contribution in [3.05, 3.63) is 63.3 Å². The highest BCUT2D eigenvalue weighted by Gasteiger charge is 2.37. The number of nitrogens with zero attached hydrogens (tertiary/aromatic N) is 4. The first-order valence-electron chi connectivity index (χ1n) is 7.91. The van der Waals surface area contributed by atoms with Crippen LogP contribution in [-0.2, 0) is 0 Å². The lowest BCUT2D eigenvalue weighted by atomic mass is 9.93. The topological polar surface area (TPSA) is 116 Å². The molecule has 4 rings (SSSR count). The zero-order valence-electron chi connectivity index (χ0n) is 14.3. The van der Waals surface area contributed by atoms with Gasteiger partial charge >= 0.3 is 0 Å². The minimum Gasteiger partial charge on any atom is -0.481 e. The monoisotopic (exact) mass is 364 g/mol. The number of nitro groups is 1. The third kappa shape index (κ3) is 2.40. The van der Waals surface area contributed by atoms with Crippen molar-refractivity contribution in [3.8, 4) is 5.88 Å². The second kappa shape index (κ2) is 5.84. The predicted molar refractivity (Wildman–Crippen MR) is 95.1 cm³/mol. The minimum atomic E-state index is -0.647. The molecule has 0 saturated heterocycles. The molecule has 1 aliphatic heterocycles. The van der Waals surface area contributed by atoms with E-state index in [-0.39, 0.29) is 39.4 Å². The summed E-state index contributed by atoms with van der Waals surface area (Å²) in [4.78, 5) is 45.9. The maximum Gasteiger partial charge on any atom is 0.277 e. The van der Waals surface area contributed by atoms with E-state index in [0.717, 1.165) is 4.90 Å². The van der Waals surface area contributed by atoms with Gasteiger partial charge in [0.1, 0.15) is 0 Å². The zero-order valence-corrected chi connectivity index (χ0v) is 14.3. The third-order valence-corrected chi connectivity index (χ3v) is 4.31. The molecule has 1 aliphatic rings. The Labute approximate surface area is 152 Å². The molecule has 9 heteroatoms. The first kappa shape index (κ1) is 16.6. The molecule has 1 aromatic heterocycles. The van der Waals surface area contributed by atoms with Crippen molar-refractivity contribution >= 4 is 34.2 Å². The molecule has 2 amide bonds. The first-order valence-corrected chi connectivity index (χ1v) is 7.91. The molecule has 0 N–H and O–H groups in total. The summed E-state index contributed by atoms with van der Waals surface area (Å²) in [6, 6.07) is 8.75. The number of carbonyl (C=O) groups excluding carboxylic acids is 2. The molecule has 0 spiro atoms. The normalized spacial score (nSPS) is 13.2. The van der Waals surface area contributed by atoms with Crippen LogP contribution < -0.4 is 9.64 Å². The average Bonchev–Trinajstić information content (AvgIpc) is 2.65. The quantitative estimate of drug-likeness (QED) is 0.398. The summed E-state index contributed by atoms with van der Waals surface area (Å²) in [5.41, 5.74) is 0.702. The number of rotatable bonds is 3. The first-order chi connectivity index (χ1) is 12.9. The Kier molecular flexibility index (Phi) is 3.58. The summed E-state index contributed by atoms with van der Waals surface area (Å²) in [5, 5.41) is 11.8. The van der Waals surface area contributed by atoms with Gasteiger partial charge in [0, 0.05) is 34.3 Å². The highest BCUT2D eigenvalue weighted by Crippen LogP contribution is 2.36. The Morgan fingerprint density at radius 3 is 2.44 bits per heavy atom. The van der Waals surface area contributed by atoms with Crippen molar-refractivity contribution in [2.75, 3.05) is 12.0 Å². The van der Waals surface area contributed by atoms with E-state index in [1.54, 1.807) is 13.0 Å². The number of methoxy groups -OCH3 is 1. The van der Waals surface area contributed by atoms with Gasteiger partial charge in [-0.05, 0) is 25.1 Å². The average molecular weight is 364 g/mol. The smallest absolute Gasteiger partial charge is 0.277 e. The molecule has 0 fully saturated rings. The van der Waals surface area contributed by atoms with Gasteiger partial charge in [0.15, 0.2) is 0 Å². The van der Waals surface area contributed by atoms with Gasteiger partial charge in [-0.1, -0.05) is 6.07 Å². The highest BCUT2D eigenvalue weighted by molar-refractivity contribution is 6.35. The number of aromatic nitrogens is 2. The van der Waals surface area contributed by atoms with E-state index in [2.05, 4.69) is 9.97 Å². The Morgan fingerprint density at radius 2 is 1.78 bits per heavy atom. The summed E-state index contributed by atoms with van der Waals surface area (Å²) in [6.07, 6.45) is 0. The van der Waals surface area contributed by atoms with Crippen LogP contribution in [0.15, 0.2) is 36.4 Å². The van der Waals surface area contributed by atoms with Gasteiger partial charge in [0.05, 0.1) is 17.4 Å². The molecule has 9 nitrogen and oxygen atoms in total. The number of aryl methyl sites for hydroxylation is 1. The van der Waals surface area contributed by atoms with E-state index in [1.807, 2.05) is 0 Å². The number of anilines is 1. The zero-order chi connectivity index (χ0) is 19.3. The van der Waals surface area contributed by atoms with Crippen molar-refractivity contribution in [3.63, 3.8) is 0 Å². The van der Waals surface area contributed by atoms with Crippen LogP contribution >= 0.6 is 0 Å². The molecular formula is C18H12N4O5. The molecule has 0 unspecified atom stereocenters. The highest BCUT2D eigenvalue weighted by atomic mass is 16.6. The van der Waals surface area contributed by atoms with Gasteiger partial charge in [-0.15, -0.1) is 0 Å². The van der Waals surface area contributed by atoms with Crippen LogP contribution in [0, 0.1) is 17.0 Å². The lowest BCUT2D eigenvalue weighted by Crippen LogP contribution is -2.41. The Morgan fingerprint density at radius 1 is 1.07 bits per heavy atom. The molecule has 2 heterocycles. The molecule has 3 aromatic rings. The van der Waals surface area contributed by atoms with E-state index in [0.29, 0.717) is 5.69 Å². The molecule has 0 aliphatic carbocycles. The number of amides is 2. The minimum absolute atomic E-state index is 0.108. The van der Waals surface area contributed by atoms with E-state index in [4.69, 9.17) is 4.74 Å². The van der Waals surface area contributed by atoms with Crippen LogP contribution in [0.25, 0.3) is 10.8 Å². The number of ether oxygens (including phenoxy) is 1. The van der Waals surface area contributed by atoms with Crippen LogP contribution in [0.4, 0.5) is 11.6 Å². The van der Waals surface area contributed by atoms with Crippen molar-refractivity contribution in [2.24, 2.45) is 0 Å². The number of carbonyl (C=O) groups is 2. The van der Waals surface area contributed by atoms with E-state index in [1.165, 1.54) is 37.4 Å². The van der Waals surface area contributed by atoms with Crippen molar-refractivity contribution < 1.29 is 19.2 Å². The number of benzene rings is 2. The Bertz CT molecular complexity index is 1140. The largest absolute Gasteiger partial charge is 0.481 e. The van der Waals surface area contributed by atoms with Gasteiger partial charge < -0.3 is 4.74 Å². The summed E-state index contributed by atoms with van der Waals surface area (Å²) in [7, 11) is 1.42. The van der Waals surface area contributed by atoms with Crippen LogP contribution in [0.1, 0.15) is 26.4 Å². The van der Waals surface area contributed by atoms with E-state index >= 15 is 0 Å². The summed E-state index contributed by atoms with van der Waals surface area (Å²) in [5.74, 6) is -1.19. The second-order valence-corrected chi connectivity index (χ2v) is 5.91. The summed E-state index contributed by atoms with van der Waals surface area (Å²) in [6.45, 7) is 1.69. The standard InChI is InChI=1S/C18H12N4O5/c1-9-8-14(27-2)20-18(19-9)21-16(23)11-5-3-4-10-13(22(25)26)7-6-12(15(10)11)17(21)24/h3-8H,1-2H3. The fraction of sp³-hybridized carbons (Fsp3) is 0.111. The van der Waals surface area contributed by atoms with E-state index < -0.39 is 16.7 Å². The Hall–Kier alpha value is -3.88. The van der Waals surface area contributed by atoms with Gasteiger partial charge in [0.25, 0.3) is 17.5 Å². The lowest BCUT2D eigenvalue weighted by molar-refractivity contribution is -0.383. The molecule has 2 aromatic carbocycles. The number of nitro benzene ring substituents is 1. The third-order valence-electron chi connectivity index (χ3n) is 4.31. The van der Waals surface area contributed by atoms with Crippen molar-refractivity contribution in [1.29, 1.82) is 0 Å². The van der Waals surface area contributed by atoms with Crippen LogP contribution in [0.5, 0.6) is 5.88 Å². The second-order valence-electron chi connectivity index (χ2n) is 5.91. The Balaban J connectivity index is 1.97. The summed E-state index contributed by atoms with van der Waals surface area (Å²) >= 11 is 0. The van der Waals surface area contributed by atoms with Gasteiger partial charge in [-0.3, -0.25) is 19.7 Å². The molecule has 0 bridgehead atoms. The summed E-state index contributed by atoms with van der Waals surface area (Å²) < 4.78 is 5.09. The van der Waals surface area contributed by atoms with Crippen molar-refractivity contribution in [1.82, 2.24) is 9.97 Å². The van der Waals surface area contributed by atoms with Gasteiger partial charge in [-0.2, -0.15) is 4.98 Å². The van der Waals surface area contributed by atoms with Crippen molar-refractivity contribution in [2.45, 2.75) is 6.92 Å². The van der Waals surface area contributed by atoms with Crippen LogP contribution in [0.2, 0.25) is 0 Å². The van der Waals surface area contributed by atoms with Crippen LogP contribution in [0.3, 0.4) is 0 Å². The number of hydrogen-bond donors (Lipinski definition) is 0. The molecule has 0 saturated carbocycles. The van der Waals surface area contributed by atoms with E-state index in [9.17, 15) is 19.7 Å². The molecule has 0 radical (unpaired) electrons. The molecule has 134 valence electrons. The number of non-ortho nitro benzene ring substituents is 1. The van der Waals surface area contributed by atoms with Crippen LogP contribution in [-0.4, -0.2) is 33.8 Å². The molecule has 0 atom stereocenters. The van der Waals surface area contributed by atoms with Gasteiger partial charge in [0.2, 0.25) is 11.8 Å². The fourth-order valence-corrected chi connectivity index (χ4v) is 3.15. The predicted octanol–water partition coefficient (Wildman–Crippen LogP) is 2.66. The number of hydrogen-bond acceptors (Lipinski definition) is 7. The SMILES string of the molecule is COc1cc(C)nc(N2C(=O)c3cccc4c([N+](=O)[O-])ccc(c34)C2=O)n1. The number of imide groups is 1. The maximum atomic E-state index is 13.0. The molecule has 27 heavy (non-hydrogen) atoms. The molecular weight excluding hydrogens is 352 g/mol.